The molecule has 0 spiro atoms. The van der Waals surface area contributed by atoms with Gasteiger partial charge in [-0.15, -0.1) is 0 Å². The molecule has 0 saturated carbocycles. The van der Waals surface area contributed by atoms with Crippen LogP contribution in [0.4, 0.5) is 0 Å². The van der Waals surface area contributed by atoms with Gasteiger partial charge in [0, 0.05) is 16.9 Å². The lowest BCUT2D eigenvalue weighted by molar-refractivity contribution is 0.147. The van der Waals surface area contributed by atoms with Crippen molar-refractivity contribution in [2.75, 3.05) is 6.54 Å². The number of hydrogen-bond acceptors (Lipinski definition) is 2. The van der Waals surface area contributed by atoms with Crippen molar-refractivity contribution in [1.29, 1.82) is 0 Å². The Balaban J connectivity index is 2.36. The summed E-state index contributed by atoms with van der Waals surface area (Å²) in [4.78, 5) is 0. The molecule has 0 aliphatic heterocycles. The van der Waals surface area contributed by atoms with E-state index in [2.05, 4.69) is 15.9 Å². The Labute approximate surface area is 136 Å². The van der Waals surface area contributed by atoms with Crippen LogP contribution in [0.15, 0.2) is 46.9 Å². The SMILES string of the molecule is NCC(c1ccccc1Br)C(O)c1ccc(Cl)c(Cl)c1. The second kappa shape index (κ2) is 6.92. The molecule has 3 N–H and O–H groups in total. The van der Waals surface area contributed by atoms with Crippen molar-refractivity contribution in [2.45, 2.75) is 12.0 Å². The van der Waals surface area contributed by atoms with Crippen LogP contribution in [0, 0.1) is 0 Å². The van der Waals surface area contributed by atoms with Crippen LogP contribution < -0.4 is 5.73 Å². The molecule has 0 aliphatic carbocycles. The molecule has 2 rings (SSSR count). The third-order valence-electron chi connectivity index (χ3n) is 3.22. The Kier molecular flexibility index (Phi) is 5.47. The molecule has 0 amide bonds. The maximum atomic E-state index is 10.6. The quantitative estimate of drug-likeness (QED) is 0.825. The van der Waals surface area contributed by atoms with Gasteiger partial charge in [0.1, 0.15) is 0 Å². The van der Waals surface area contributed by atoms with Gasteiger partial charge in [-0.05, 0) is 29.3 Å². The Hall–Kier alpha value is -0.580. The maximum absolute atomic E-state index is 10.6. The van der Waals surface area contributed by atoms with Gasteiger partial charge in [-0.1, -0.05) is 63.4 Å². The summed E-state index contributed by atoms with van der Waals surface area (Å²) in [6, 6.07) is 12.8. The molecule has 2 unspecified atom stereocenters. The summed E-state index contributed by atoms with van der Waals surface area (Å²) in [5.41, 5.74) is 7.51. The molecule has 0 heterocycles. The third-order valence-corrected chi connectivity index (χ3v) is 4.69. The van der Waals surface area contributed by atoms with Gasteiger partial charge < -0.3 is 10.8 Å². The standard InChI is InChI=1S/C15H14BrCl2NO/c16-12-4-2-1-3-10(12)11(8-19)15(20)9-5-6-13(17)14(18)7-9/h1-7,11,15,20H,8,19H2. The number of aliphatic hydroxyl groups excluding tert-OH is 1. The predicted molar refractivity (Wildman–Crippen MR) is 87.4 cm³/mol. The van der Waals surface area contributed by atoms with Gasteiger partial charge in [0.2, 0.25) is 0 Å². The average Bonchev–Trinajstić information content (AvgIpc) is 2.44. The van der Waals surface area contributed by atoms with E-state index in [-0.39, 0.29) is 5.92 Å². The largest absolute Gasteiger partial charge is 0.388 e. The van der Waals surface area contributed by atoms with Crippen molar-refractivity contribution >= 4 is 39.1 Å². The predicted octanol–water partition coefficient (Wildman–Crippen LogP) is 4.53. The van der Waals surface area contributed by atoms with Crippen LogP contribution in [-0.4, -0.2) is 11.7 Å². The first-order valence-corrected chi connectivity index (χ1v) is 7.67. The van der Waals surface area contributed by atoms with Gasteiger partial charge >= 0.3 is 0 Å². The highest BCUT2D eigenvalue weighted by molar-refractivity contribution is 9.10. The molecule has 0 aromatic heterocycles. The molecule has 2 aromatic rings. The molecule has 20 heavy (non-hydrogen) atoms. The van der Waals surface area contributed by atoms with Crippen molar-refractivity contribution in [3.63, 3.8) is 0 Å². The summed E-state index contributed by atoms with van der Waals surface area (Å²) >= 11 is 15.4. The smallest absolute Gasteiger partial charge is 0.0871 e. The Morgan fingerprint density at radius 1 is 1.10 bits per heavy atom. The van der Waals surface area contributed by atoms with E-state index in [0.29, 0.717) is 22.2 Å². The van der Waals surface area contributed by atoms with E-state index in [1.807, 2.05) is 24.3 Å². The zero-order chi connectivity index (χ0) is 14.7. The number of rotatable bonds is 4. The minimum Gasteiger partial charge on any atom is -0.388 e. The molecule has 0 radical (unpaired) electrons. The second-order valence-corrected chi connectivity index (χ2v) is 6.15. The highest BCUT2D eigenvalue weighted by atomic mass is 79.9. The Morgan fingerprint density at radius 2 is 1.80 bits per heavy atom. The van der Waals surface area contributed by atoms with Gasteiger partial charge in [-0.25, -0.2) is 0 Å². The molecule has 106 valence electrons. The van der Waals surface area contributed by atoms with E-state index in [9.17, 15) is 5.11 Å². The Morgan fingerprint density at radius 3 is 2.40 bits per heavy atom. The number of nitrogens with two attached hydrogens (primary N) is 1. The fourth-order valence-electron chi connectivity index (χ4n) is 2.13. The summed E-state index contributed by atoms with van der Waals surface area (Å²) < 4.78 is 0.926. The molecular formula is C15H14BrCl2NO. The van der Waals surface area contributed by atoms with E-state index in [4.69, 9.17) is 28.9 Å². The molecule has 0 saturated heterocycles. The summed E-state index contributed by atoms with van der Waals surface area (Å²) in [6.07, 6.45) is -0.742. The molecule has 5 heteroatoms. The minimum atomic E-state index is -0.742. The first-order chi connectivity index (χ1) is 9.54. The number of benzene rings is 2. The Bertz CT molecular complexity index is 606. The molecular weight excluding hydrogens is 361 g/mol. The number of halogens is 3. The molecule has 2 nitrogen and oxygen atoms in total. The molecule has 0 bridgehead atoms. The van der Waals surface area contributed by atoms with Crippen molar-refractivity contribution < 1.29 is 5.11 Å². The van der Waals surface area contributed by atoms with Crippen molar-refractivity contribution in [3.8, 4) is 0 Å². The summed E-state index contributed by atoms with van der Waals surface area (Å²) in [7, 11) is 0. The summed E-state index contributed by atoms with van der Waals surface area (Å²) in [5, 5.41) is 11.5. The van der Waals surface area contributed by atoms with Gasteiger partial charge in [-0.2, -0.15) is 0 Å². The number of hydrogen-bond donors (Lipinski definition) is 2. The summed E-state index contributed by atoms with van der Waals surface area (Å²) in [5.74, 6) is -0.220. The van der Waals surface area contributed by atoms with Crippen molar-refractivity contribution in [3.05, 3.63) is 68.1 Å². The first kappa shape index (κ1) is 15.8. The van der Waals surface area contributed by atoms with Crippen LogP contribution in [0.5, 0.6) is 0 Å². The van der Waals surface area contributed by atoms with E-state index < -0.39 is 6.10 Å². The van der Waals surface area contributed by atoms with Crippen LogP contribution in [0.3, 0.4) is 0 Å². The van der Waals surface area contributed by atoms with E-state index in [0.717, 1.165) is 10.0 Å². The lowest BCUT2D eigenvalue weighted by Crippen LogP contribution is -2.20. The number of aliphatic hydroxyl groups is 1. The van der Waals surface area contributed by atoms with Crippen molar-refractivity contribution in [2.24, 2.45) is 5.73 Å². The van der Waals surface area contributed by atoms with Gasteiger partial charge in [0.25, 0.3) is 0 Å². The zero-order valence-corrected chi connectivity index (χ0v) is 13.7. The third kappa shape index (κ3) is 3.35. The monoisotopic (exact) mass is 373 g/mol. The first-order valence-electron chi connectivity index (χ1n) is 6.12. The minimum absolute atomic E-state index is 0.220. The highest BCUT2D eigenvalue weighted by Gasteiger charge is 2.23. The van der Waals surface area contributed by atoms with E-state index in [1.165, 1.54) is 0 Å². The molecule has 2 atom stereocenters. The van der Waals surface area contributed by atoms with E-state index in [1.54, 1.807) is 18.2 Å². The molecule has 0 fully saturated rings. The van der Waals surface area contributed by atoms with Crippen molar-refractivity contribution in [1.82, 2.24) is 0 Å². The summed E-state index contributed by atoms with van der Waals surface area (Å²) in [6.45, 7) is 0.323. The average molecular weight is 375 g/mol. The fourth-order valence-corrected chi connectivity index (χ4v) is 3.02. The van der Waals surface area contributed by atoms with Gasteiger partial charge in [0.05, 0.1) is 16.1 Å². The van der Waals surface area contributed by atoms with Crippen LogP contribution in [0.1, 0.15) is 23.1 Å². The van der Waals surface area contributed by atoms with Gasteiger partial charge in [0.15, 0.2) is 0 Å². The van der Waals surface area contributed by atoms with Crippen LogP contribution >= 0.6 is 39.1 Å². The van der Waals surface area contributed by atoms with Gasteiger partial charge in [-0.3, -0.25) is 0 Å². The van der Waals surface area contributed by atoms with E-state index >= 15 is 0 Å². The van der Waals surface area contributed by atoms with Crippen LogP contribution in [0.25, 0.3) is 0 Å². The molecule has 0 aliphatic rings. The van der Waals surface area contributed by atoms with Crippen LogP contribution in [-0.2, 0) is 0 Å². The topological polar surface area (TPSA) is 46.2 Å². The lowest BCUT2D eigenvalue weighted by atomic mass is 9.89. The highest BCUT2D eigenvalue weighted by Crippen LogP contribution is 2.36. The lowest BCUT2D eigenvalue weighted by Gasteiger charge is -2.23. The zero-order valence-electron chi connectivity index (χ0n) is 10.6. The second-order valence-electron chi connectivity index (χ2n) is 4.48. The normalized spacial score (nSPS) is 14.1. The maximum Gasteiger partial charge on any atom is 0.0871 e. The fraction of sp³-hybridized carbons (Fsp3) is 0.200. The molecule has 2 aromatic carbocycles. The van der Waals surface area contributed by atoms with Crippen LogP contribution in [0.2, 0.25) is 10.0 Å².